The molecule has 3 rings (SSSR count). The third kappa shape index (κ3) is 7.85. The van der Waals surface area contributed by atoms with Gasteiger partial charge in [0.05, 0.1) is 10.7 Å². The number of nitro groups is 1. The van der Waals surface area contributed by atoms with Crippen LogP contribution < -0.4 is 5.32 Å². The first kappa shape index (κ1) is 28.3. The summed E-state index contributed by atoms with van der Waals surface area (Å²) in [5.41, 5.74) is 1.51. The second kappa shape index (κ2) is 13.9. The van der Waals surface area contributed by atoms with Gasteiger partial charge >= 0.3 is 0 Å². The molecule has 2 aromatic rings. The standard InChI is InChI=1S/C26H31Cl2N3O4S/c1-2-24(26(33)29-19-7-4-3-5-8-19)30(15-21-22(27)9-6-10-23(21)28)25(32)17-36-16-18-11-13-20(14-12-18)31(34)35/h6,9-14,19,24H,2-5,7-8,15-17H2,1H3,(H,29,33)/t24-/m0/s1. The molecule has 1 aliphatic rings. The monoisotopic (exact) mass is 551 g/mol. The number of rotatable bonds is 11. The van der Waals surface area contributed by atoms with Crippen molar-refractivity contribution in [2.45, 2.75) is 69.8 Å². The minimum absolute atomic E-state index is 0.0254. The van der Waals surface area contributed by atoms with Gasteiger partial charge < -0.3 is 10.2 Å². The minimum Gasteiger partial charge on any atom is -0.352 e. The molecule has 10 heteroatoms. The van der Waals surface area contributed by atoms with Crippen molar-refractivity contribution in [3.05, 3.63) is 73.8 Å². The van der Waals surface area contributed by atoms with Crippen molar-refractivity contribution in [3.63, 3.8) is 0 Å². The predicted molar refractivity (Wildman–Crippen MR) is 145 cm³/mol. The largest absolute Gasteiger partial charge is 0.352 e. The second-order valence-electron chi connectivity index (χ2n) is 8.91. The summed E-state index contributed by atoms with van der Waals surface area (Å²) in [4.78, 5) is 38.7. The maximum atomic E-state index is 13.5. The molecule has 2 aromatic carbocycles. The average Bonchev–Trinajstić information content (AvgIpc) is 2.86. The van der Waals surface area contributed by atoms with Gasteiger partial charge in [-0.15, -0.1) is 11.8 Å². The van der Waals surface area contributed by atoms with Crippen LogP contribution in [0.5, 0.6) is 0 Å². The first-order chi connectivity index (χ1) is 17.3. The number of carbonyl (C=O) groups is 2. The van der Waals surface area contributed by atoms with Crippen molar-refractivity contribution in [1.82, 2.24) is 10.2 Å². The van der Waals surface area contributed by atoms with Gasteiger partial charge in [-0.1, -0.05) is 67.6 Å². The Kier molecular flexibility index (Phi) is 10.9. The summed E-state index contributed by atoms with van der Waals surface area (Å²) in [6.07, 6.45) is 5.75. The molecule has 1 atom stereocenters. The fourth-order valence-corrected chi connectivity index (χ4v) is 5.76. The SMILES string of the molecule is CC[C@@H](C(=O)NC1CCCCC1)N(Cc1c(Cl)cccc1Cl)C(=O)CSCc1ccc([N+](=O)[O-])cc1. The molecule has 1 fully saturated rings. The zero-order valence-corrected chi connectivity index (χ0v) is 22.6. The molecular formula is C26H31Cl2N3O4S. The third-order valence-electron chi connectivity index (χ3n) is 6.37. The van der Waals surface area contributed by atoms with E-state index in [-0.39, 0.29) is 35.8 Å². The quantitative estimate of drug-likeness (QED) is 0.258. The number of halogens is 2. The highest BCUT2D eigenvalue weighted by molar-refractivity contribution is 7.99. The van der Waals surface area contributed by atoms with Crippen LogP contribution in [0.15, 0.2) is 42.5 Å². The Labute approximate surface area is 226 Å². The van der Waals surface area contributed by atoms with Crippen LogP contribution in [0.3, 0.4) is 0 Å². The first-order valence-corrected chi connectivity index (χ1v) is 14.0. The van der Waals surface area contributed by atoms with Crippen molar-refractivity contribution in [2.24, 2.45) is 0 Å². The number of hydrogen-bond acceptors (Lipinski definition) is 5. The molecule has 1 N–H and O–H groups in total. The zero-order chi connectivity index (χ0) is 26.1. The van der Waals surface area contributed by atoms with Crippen molar-refractivity contribution < 1.29 is 14.5 Å². The minimum atomic E-state index is -0.647. The lowest BCUT2D eigenvalue weighted by Crippen LogP contribution is -2.52. The Bertz CT molecular complexity index is 1040. The number of non-ortho nitro benzene ring substituents is 1. The molecule has 194 valence electrons. The topological polar surface area (TPSA) is 92.6 Å². The maximum absolute atomic E-state index is 13.5. The molecule has 1 aliphatic carbocycles. The van der Waals surface area contributed by atoms with E-state index in [2.05, 4.69) is 5.32 Å². The van der Waals surface area contributed by atoms with Crippen LogP contribution in [0.2, 0.25) is 10.0 Å². The number of amides is 2. The van der Waals surface area contributed by atoms with Gasteiger partial charge in [0.2, 0.25) is 11.8 Å². The molecule has 0 heterocycles. The van der Waals surface area contributed by atoms with E-state index in [1.165, 1.54) is 30.3 Å². The van der Waals surface area contributed by atoms with E-state index in [1.54, 1.807) is 35.2 Å². The summed E-state index contributed by atoms with van der Waals surface area (Å²) in [6.45, 7) is 2.02. The predicted octanol–water partition coefficient (Wildman–Crippen LogP) is 6.39. The van der Waals surface area contributed by atoms with Gasteiger partial charge in [-0.25, -0.2) is 0 Å². The van der Waals surface area contributed by atoms with Crippen LogP contribution in [0.1, 0.15) is 56.6 Å². The summed E-state index contributed by atoms with van der Waals surface area (Å²) in [7, 11) is 0. The molecule has 0 aromatic heterocycles. The van der Waals surface area contributed by atoms with E-state index in [0.29, 0.717) is 27.8 Å². The van der Waals surface area contributed by atoms with Crippen LogP contribution in [0.4, 0.5) is 5.69 Å². The molecule has 1 saturated carbocycles. The number of nitro benzene ring substituents is 1. The van der Waals surface area contributed by atoms with Gasteiger partial charge in [0, 0.05) is 46.1 Å². The number of thioether (sulfide) groups is 1. The highest BCUT2D eigenvalue weighted by atomic mass is 35.5. The van der Waals surface area contributed by atoms with Crippen LogP contribution in [-0.4, -0.2) is 39.5 Å². The van der Waals surface area contributed by atoms with Gasteiger partial charge in [-0.05, 0) is 37.0 Å². The van der Waals surface area contributed by atoms with Crippen LogP contribution in [0.25, 0.3) is 0 Å². The highest BCUT2D eigenvalue weighted by Crippen LogP contribution is 2.28. The van der Waals surface area contributed by atoms with Crippen molar-refractivity contribution in [3.8, 4) is 0 Å². The van der Waals surface area contributed by atoms with Gasteiger partial charge in [-0.3, -0.25) is 19.7 Å². The normalized spacial score (nSPS) is 14.8. The van der Waals surface area contributed by atoms with Crippen molar-refractivity contribution >= 4 is 52.5 Å². The van der Waals surface area contributed by atoms with E-state index < -0.39 is 11.0 Å². The van der Waals surface area contributed by atoms with Crippen LogP contribution in [-0.2, 0) is 21.9 Å². The lowest BCUT2D eigenvalue weighted by Gasteiger charge is -2.33. The summed E-state index contributed by atoms with van der Waals surface area (Å²) in [5, 5.41) is 14.9. The van der Waals surface area contributed by atoms with E-state index in [9.17, 15) is 19.7 Å². The highest BCUT2D eigenvalue weighted by Gasteiger charge is 2.31. The lowest BCUT2D eigenvalue weighted by molar-refractivity contribution is -0.384. The molecule has 0 spiro atoms. The maximum Gasteiger partial charge on any atom is 0.269 e. The number of nitrogens with zero attached hydrogens (tertiary/aromatic N) is 2. The summed E-state index contributed by atoms with van der Waals surface area (Å²) in [5.74, 6) is 0.312. The fraction of sp³-hybridized carbons (Fsp3) is 0.462. The number of hydrogen-bond donors (Lipinski definition) is 1. The molecule has 0 saturated heterocycles. The Hall–Kier alpha value is -2.29. The summed E-state index contributed by atoms with van der Waals surface area (Å²) < 4.78 is 0. The third-order valence-corrected chi connectivity index (χ3v) is 8.07. The van der Waals surface area contributed by atoms with Gasteiger partial charge in [-0.2, -0.15) is 0 Å². The van der Waals surface area contributed by atoms with Crippen molar-refractivity contribution in [1.29, 1.82) is 0 Å². The van der Waals surface area contributed by atoms with Gasteiger partial charge in [0.25, 0.3) is 5.69 Å². The second-order valence-corrected chi connectivity index (χ2v) is 10.7. The van der Waals surface area contributed by atoms with E-state index >= 15 is 0 Å². The zero-order valence-electron chi connectivity index (χ0n) is 20.3. The summed E-state index contributed by atoms with van der Waals surface area (Å²) >= 11 is 14.2. The van der Waals surface area contributed by atoms with Gasteiger partial charge in [0.15, 0.2) is 0 Å². The average molecular weight is 553 g/mol. The fourth-order valence-electron chi connectivity index (χ4n) is 4.37. The Balaban J connectivity index is 1.73. The molecule has 0 bridgehead atoms. The van der Waals surface area contributed by atoms with E-state index in [4.69, 9.17) is 23.2 Å². The molecule has 7 nitrogen and oxygen atoms in total. The molecule has 0 aliphatic heterocycles. The Morgan fingerprint density at radius 3 is 2.33 bits per heavy atom. The number of nitrogens with one attached hydrogen (secondary N) is 1. The smallest absolute Gasteiger partial charge is 0.269 e. The van der Waals surface area contributed by atoms with E-state index in [1.807, 2.05) is 6.92 Å². The molecule has 0 unspecified atom stereocenters. The number of benzene rings is 2. The van der Waals surface area contributed by atoms with E-state index in [0.717, 1.165) is 31.2 Å². The van der Waals surface area contributed by atoms with Crippen molar-refractivity contribution in [2.75, 3.05) is 5.75 Å². The molecular weight excluding hydrogens is 521 g/mol. The summed E-state index contributed by atoms with van der Waals surface area (Å²) in [6, 6.07) is 10.9. The van der Waals surface area contributed by atoms with Crippen LogP contribution >= 0.6 is 35.0 Å². The lowest BCUT2D eigenvalue weighted by atomic mass is 9.95. The first-order valence-electron chi connectivity index (χ1n) is 12.1. The molecule has 2 amide bonds. The molecule has 0 radical (unpaired) electrons. The Morgan fingerprint density at radius 1 is 1.11 bits per heavy atom. The molecule has 36 heavy (non-hydrogen) atoms. The number of carbonyl (C=O) groups excluding carboxylic acids is 2. The van der Waals surface area contributed by atoms with Gasteiger partial charge in [0.1, 0.15) is 6.04 Å². The Morgan fingerprint density at radius 2 is 1.75 bits per heavy atom. The van der Waals surface area contributed by atoms with Crippen LogP contribution in [0, 0.1) is 10.1 Å².